The third kappa shape index (κ3) is 2.33. The molecule has 3 aromatic rings. The molecule has 1 fully saturated rings. The first-order valence-electron chi connectivity index (χ1n) is 7.63. The van der Waals surface area contributed by atoms with Crippen molar-refractivity contribution in [2.24, 2.45) is 7.05 Å². The lowest BCUT2D eigenvalue weighted by atomic mass is 9.95. The molecule has 0 saturated heterocycles. The number of benzene rings is 2. The van der Waals surface area contributed by atoms with Gasteiger partial charge in [0.15, 0.2) is 5.82 Å². The molecule has 0 aliphatic heterocycles. The van der Waals surface area contributed by atoms with E-state index in [9.17, 15) is 4.39 Å². The van der Waals surface area contributed by atoms with E-state index in [4.69, 9.17) is 23.2 Å². The molecule has 0 unspecified atom stereocenters. The van der Waals surface area contributed by atoms with Crippen molar-refractivity contribution in [3.05, 3.63) is 69.7 Å². The molecule has 0 radical (unpaired) electrons. The fraction of sp³-hybridized carbons (Fsp3) is 0.222. The van der Waals surface area contributed by atoms with Gasteiger partial charge in [0.2, 0.25) is 0 Å². The van der Waals surface area contributed by atoms with Crippen molar-refractivity contribution in [2.75, 3.05) is 0 Å². The zero-order valence-electron chi connectivity index (χ0n) is 12.9. The van der Waals surface area contributed by atoms with E-state index in [1.54, 1.807) is 6.07 Å². The first kappa shape index (κ1) is 15.6. The number of hydrogen-bond acceptors (Lipinski definition) is 2. The van der Waals surface area contributed by atoms with E-state index in [0.717, 1.165) is 29.8 Å². The largest absolute Gasteiger partial charge is 0.313 e. The molecule has 1 aliphatic rings. The number of halogens is 3. The predicted octanol–water partition coefficient (Wildman–Crippen LogP) is 5.01. The summed E-state index contributed by atoms with van der Waals surface area (Å²) in [6.07, 6.45) is 1.93. The van der Waals surface area contributed by atoms with Gasteiger partial charge in [-0.2, -0.15) is 0 Å². The molecule has 122 valence electrons. The maximum atomic E-state index is 13.2. The van der Waals surface area contributed by atoms with E-state index >= 15 is 0 Å². The highest BCUT2D eigenvalue weighted by Crippen LogP contribution is 2.53. The van der Waals surface area contributed by atoms with Crippen LogP contribution in [0.2, 0.25) is 10.0 Å². The van der Waals surface area contributed by atoms with Crippen molar-refractivity contribution in [3.8, 4) is 11.4 Å². The summed E-state index contributed by atoms with van der Waals surface area (Å²) in [6, 6.07) is 12.1. The molecule has 1 saturated carbocycles. The van der Waals surface area contributed by atoms with Crippen molar-refractivity contribution in [3.63, 3.8) is 0 Å². The van der Waals surface area contributed by atoms with Crippen LogP contribution in [0.4, 0.5) is 4.39 Å². The average Bonchev–Trinajstić information content (AvgIpc) is 3.28. The predicted molar refractivity (Wildman–Crippen MR) is 92.9 cm³/mol. The summed E-state index contributed by atoms with van der Waals surface area (Å²) in [5.41, 5.74) is 1.61. The number of rotatable bonds is 3. The highest BCUT2D eigenvalue weighted by atomic mass is 35.5. The molecule has 0 atom stereocenters. The quantitative estimate of drug-likeness (QED) is 0.656. The second-order valence-corrected chi connectivity index (χ2v) is 6.88. The van der Waals surface area contributed by atoms with E-state index < -0.39 is 0 Å². The summed E-state index contributed by atoms with van der Waals surface area (Å²) in [7, 11) is 1.92. The Kier molecular flexibility index (Phi) is 3.62. The molecule has 2 aromatic carbocycles. The van der Waals surface area contributed by atoms with Gasteiger partial charge in [0.05, 0.1) is 15.5 Å². The van der Waals surface area contributed by atoms with E-state index in [1.165, 1.54) is 12.1 Å². The molecule has 0 spiro atoms. The van der Waals surface area contributed by atoms with Crippen LogP contribution in [0.1, 0.15) is 24.2 Å². The first-order valence-corrected chi connectivity index (χ1v) is 8.39. The Bertz CT molecular complexity index is 915. The molecule has 1 heterocycles. The lowest BCUT2D eigenvalue weighted by Gasteiger charge is -2.15. The molecular weight excluding hydrogens is 348 g/mol. The van der Waals surface area contributed by atoms with Crippen molar-refractivity contribution in [1.29, 1.82) is 0 Å². The third-order valence-corrected chi connectivity index (χ3v) is 5.46. The molecule has 0 bridgehead atoms. The smallest absolute Gasteiger partial charge is 0.165 e. The standard InChI is InChI=1S/C18H14Cl2FN3/c1-24-16(13-3-2-4-14(19)15(13)20)22-23-17(24)18(9-10-18)11-5-7-12(21)8-6-11/h2-8H,9-10H2,1H3. The Hall–Kier alpha value is -1.91. The van der Waals surface area contributed by atoms with Gasteiger partial charge in [0, 0.05) is 12.6 Å². The lowest BCUT2D eigenvalue weighted by molar-refractivity contribution is 0.624. The van der Waals surface area contributed by atoms with Crippen LogP contribution < -0.4 is 0 Å². The Labute approximate surface area is 149 Å². The van der Waals surface area contributed by atoms with Gasteiger partial charge < -0.3 is 4.57 Å². The Balaban J connectivity index is 1.80. The molecule has 1 aliphatic carbocycles. The summed E-state index contributed by atoms with van der Waals surface area (Å²) in [6.45, 7) is 0. The van der Waals surface area contributed by atoms with Gasteiger partial charge >= 0.3 is 0 Å². The zero-order valence-corrected chi connectivity index (χ0v) is 14.4. The molecule has 4 rings (SSSR count). The summed E-state index contributed by atoms with van der Waals surface area (Å²) in [4.78, 5) is 0. The average molecular weight is 362 g/mol. The Morgan fingerprint density at radius 3 is 2.42 bits per heavy atom. The van der Waals surface area contributed by atoms with Crippen LogP contribution in [-0.4, -0.2) is 14.8 Å². The fourth-order valence-electron chi connectivity index (χ4n) is 3.19. The molecule has 1 aromatic heterocycles. The number of nitrogens with zero attached hydrogens (tertiary/aromatic N) is 3. The van der Waals surface area contributed by atoms with Crippen LogP contribution in [0.15, 0.2) is 42.5 Å². The summed E-state index contributed by atoms with van der Waals surface area (Å²) in [5, 5.41) is 9.70. The summed E-state index contributed by atoms with van der Waals surface area (Å²) >= 11 is 12.4. The molecule has 24 heavy (non-hydrogen) atoms. The monoisotopic (exact) mass is 361 g/mol. The van der Waals surface area contributed by atoms with Gasteiger partial charge in [-0.05, 0) is 42.7 Å². The van der Waals surface area contributed by atoms with Gasteiger partial charge in [-0.1, -0.05) is 41.4 Å². The molecule has 6 heteroatoms. The van der Waals surface area contributed by atoms with E-state index in [0.29, 0.717) is 15.9 Å². The van der Waals surface area contributed by atoms with Crippen molar-refractivity contribution in [1.82, 2.24) is 14.8 Å². The van der Waals surface area contributed by atoms with Crippen molar-refractivity contribution < 1.29 is 4.39 Å². The van der Waals surface area contributed by atoms with Crippen molar-refractivity contribution in [2.45, 2.75) is 18.3 Å². The van der Waals surface area contributed by atoms with Crippen LogP contribution in [-0.2, 0) is 12.5 Å². The van der Waals surface area contributed by atoms with Crippen LogP contribution in [0.3, 0.4) is 0 Å². The van der Waals surface area contributed by atoms with Crippen LogP contribution in [0.5, 0.6) is 0 Å². The van der Waals surface area contributed by atoms with Crippen LogP contribution in [0.25, 0.3) is 11.4 Å². The molecular formula is C18H14Cl2FN3. The normalized spacial score (nSPS) is 15.5. The zero-order chi connectivity index (χ0) is 16.9. The highest BCUT2D eigenvalue weighted by Gasteiger charge is 2.50. The SMILES string of the molecule is Cn1c(-c2cccc(Cl)c2Cl)nnc1C1(c2ccc(F)cc2)CC1. The highest BCUT2D eigenvalue weighted by molar-refractivity contribution is 6.43. The van der Waals surface area contributed by atoms with E-state index in [-0.39, 0.29) is 11.2 Å². The third-order valence-electron chi connectivity index (χ3n) is 4.64. The maximum Gasteiger partial charge on any atom is 0.165 e. The second kappa shape index (κ2) is 5.57. The Morgan fingerprint density at radius 2 is 1.75 bits per heavy atom. The minimum atomic E-state index is -0.237. The lowest BCUT2D eigenvalue weighted by Crippen LogP contribution is -2.15. The second-order valence-electron chi connectivity index (χ2n) is 6.10. The van der Waals surface area contributed by atoms with Gasteiger partial charge in [0.25, 0.3) is 0 Å². The van der Waals surface area contributed by atoms with E-state index in [1.807, 2.05) is 35.9 Å². The van der Waals surface area contributed by atoms with E-state index in [2.05, 4.69) is 10.2 Å². The molecule has 3 nitrogen and oxygen atoms in total. The Morgan fingerprint density at radius 1 is 1.04 bits per heavy atom. The maximum absolute atomic E-state index is 13.2. The molecule has 0 amide bonds. The number of hydrogen-bond donors (Lipinski definition) is 0. The van der Waals surface area contributed by atoms with Crippen LogP contribution in [0, 0.1) is 5.82 Å². The van der Waals surface area contributed by atoms with Crippen LogP contribution >= 0.6 is 23.2 Å². The van der Waals surface area contributed by atoms with Gasteiger partial charge in [0.1, 0.15) is 11.6 Å². The number of aromatic nitrogens is 3. The topological polar surface area (TPSA) is 30.7 Å². The van der Waals surface area contributed by atoms with Crippen molar-refractivity contribution >= 4 is 23.2 Å². The minimum absolute atomic E-state index is 0.196. The van der Waals surface area contributed by atoms with Gasteiger partial charge in [-0.25, -0.2) is 4.39 Å². The van der Waals surface area contributed by atoms with Gasteiger partial charge in [-0.15, -0.1) is 10.2 Å². The first-order chi connectivity index (χ1) is 11.5. The minimum Gasteiger partial charge on any atom is -0.313 e. The van der Waals surface area contributed by atoms with Gasteiger partial charge in [-0.3, -0.25) is 0 Å². The summed E-state index contributed by atoms with van der Waals surface area (Å²) in [5.74, 6) is 1.30. The fourth-order valence-corrected chi connectivity index (χ4v) is 3.58. The summed E-state index contributed by atoms with van der Waals surface area (Å²) < 4.78 is 15.2. The molecule has 0 N–H and O–H groups in total.